The summed E-state index contributed by atoms with van der Waals surface area (Å²) in [5.41, 5.74) is 1.48. The third-order valence-corrected chi connectivity index (χ3v) is 3.85. The van der Waals surface area contributed by atoms with Crippen molar-refractivity contribution < 1.29 is 23.0 Å². The predicted octanol–water partition coefficient (Wildman–Crippen LogP) is 4.84. The second-order valence-corrected chi connectivity index (χ2v) is 6.26. The number of rotatable bonds is 7. The number of nitrogens with one attached hydrogen (secondary N) is 2. The first-order valence-corrected chi connectivity index (χ1v) is 8.83. The molecule has 0 aliphatic carbocycles. The average molecular weight is 425 g/mol. The van der Waals surface area contributed by atoms with Crippen molar-refractivity contribution in [2.45, 2.75) is 6.36 Å². The van der Waals surface area contributed by atoms with Crippen LogP contribution in [0.25, 0.3) is 11.3 Å². The van der Waals surface area contributed by atoms with Crippen LogP contribution in [-0.4, -0.2) is 34.6 Å². The molecule has 6 nitrogen and oxygen atoms in total. The summed E-state index contributed by atoms with van der Waals surface area (Å²) in [6.45, 7) is 0.0729. The normalized spacial score (nSPS) is 11.2. The van der Waals surface area contributed by atoms with Gasteiger partial charge in [0.05, 0.1) is 12.3 Å². The first-order valence-electron chi connectivity index (χ1n) is 8.45. The van der Waals surface area contributed by atoms with Gasteiger partial charge in [0, 0.05) is 28.9 Å². The number of nitrogens with zero attached hydrogens (tertiary/aromatic N) is 2. The molecule has 0 aliphatic rings. The molecule has 1 aromatic heterocycles. The van der Waals surface area contributed by atoms with Crippen LogP contribution >= 0.6 is 11.6 Å². The Morgan fingerprint density at radius 3 is 2.48 bits per heavy atom. The van der Waals surface area contributed by atoms with Crippen molar-refractivity contribution in [1.82, 2.24) is 9.97 Å². The topological polar surface area (TPSA) is 79.3 Å². The van der Waals surface area contributed by atoms with Gasteiger partial charge >= 0.3 is 6.36 Å². The second kappa shape index (κ2) is 8.97. The first kappa shape index (κ1) is 20.7. The largest absolute Gasteiger partial charge is 0.573 e. The Hall–Kier alpha value is -3.04. The monoisotopic (exact) mass is 424 g/mol. The van der Waals surface area contributed by atoms with Gasteiger partial charge < -0.3 is 20.5 Å². The molecule has 0 fully saturated rings. The summed E-state index contributed by atoms with van der Waals surface area (Å²) < 4.78 is 41.5. The predicted molar refractivity (Wildman–Crippen MR) is 104 cm³/mol. The van der Waals surface area contributed by atoms with Crippen LogP contribution in [-0.2, 0) is 0 Å². The van der Waals surface area contributed by atoms with Crippen LogP contribution in [0.5, 0.6) is 5.75 Å². The number of benzene rings is 2. The Balaban J connectivity index is 1.94. The van der Waals surface area contributed by atoms with E-state index in [1.54, 1.807) is 36.4 Å². The van der Waals surface area contributed by atoms with Crippen LogP contribution in [0, 0.1) is 0 Å². The summed E-state index contributed by atoms with van der Waals surface area (Å²) in [7, 11) is 0. The zero-order valence-corrected chi connectivity index (χ0v) is 15.6. The van der Waals surface area contributed by atoms with E-state index in [1.165, 1.54) is 18.2 Å². The minimum absolute atomic E-state index is 0.136. The Labute approximate surface area is 169 Å². The fourth-order valence-electron chi connectivity index (χ4n) is 2.44. The van der Waals surface area contributed by atoms with Gasteiger partial charge in [0.1, 0.15) is 11.6 Å². The fourth-order valence-corrected chi connectivity index (χ4v) is 2.57. The van der Waals surface area contributed by atoms with E-state index in [4.69, 9.17) is 16.7 Å². The van der Waals surface area contributed by atoms with E-state index < -0.39 is 6.36 Å². The lowest BCUT2D eigenvalue weighted by Crippen LogP contribution is -2.17. The number of alkyl halides is 3. The van der Waals surface area contributed by atoms with Crippen molar-refractivity contribution in [3.63, 3.8) is 0 Å². The average Bonchev–Trinajstić information content (AvgIpc) is 2.67. The standard InChI is InChI=1S/C19H16ClF3N4O2/c20-13-4-6-14(7-5-13)25-17-11-16(26-18(27-17)24-8-9-28)12-2-1-3-15(10-12)29-19(21,22)23/h1-7,10-11,28H,8-9H2,(H2,24,25,26,27). The lowest BCUT2D eigenvalue weighted by atomic mass is 10.1. The number of hydrogen-bond donors (Lipinski definition) is 3. The molecule has 0 saturated heterocycles. The minimum atomic E-state index is -4.79. The third-order valence-electron chi connectivity index (χ3n) is 3.60. The maximum atomic E-state index is 12.5. The summed E-state index contributed by atoms with van der Waals surface area (Å²) >= 11 is 5.88. The molecule has 0 bridgehead atoms. The van der Waals surface area contributed by atoms with E-state index in [1.807, 2.05) is 0 Å². The smallest absolute Gasteiger partial charge is 0.406 e. The summed E-state index contributed by atoms with van der Waals surface area (Å²) in [6, 6.07) is 14.0. The number of aliphatic hydroxyl groups is 1. The second-order valence-electron chi connectivity index (χ2n) is 5.82. The highest BCUT2D eigenvalue weighted by molar-refractivity contribution is 6.30. The van der Waals surface area contributed by atoms with Gasteiger partial charge in [-0.3, -0.25) is 0 Å². The number of halogens is 4. The van der Waals surface area contributed by atoms with Gasteiger partial charge in [-0.2, -0.15) is 4.98 Å². The molecule has 0 spiro atoms. The highest BCUT2D eigenvalue weighted by atomic mass is 35.5. The molecule has 0 aliphatic heterocycles. The van der Waals surface area contributed by atoms with Crippen LogP contribution in [0.1, 0.15) is 0 Å². The Bertz CT molecular complexity index is 968. The molecular formula is C19H16ClF3N4O2. The third kappa shape index (κ3) is 6.23. The molecule has 10 heteroatoms. The highest BCUT2D eigenvalue weighted by Gasteiger charge is 2.31. The maximum absolute atomic E-state index is 12.5. The molecule has 0 radical (unpaired) electrons. The minimum Gasteiger partial charge on any atom is -0.406 e. The highest BCUT2D eigenvalue weighted by Crippen LogP contribution is 2.29. The summed E-state index contributed by atoms with van der Waals surface area (Å²) in [5.74, 6) is 0.251. The van der Waals surface area contributed by atoms with Crippen LogP contribution in [0.4, 0.5) is 30.6 Å². The number of aromatic nitrogens is 2. The van der Waals surface area contributed by atoms with Crippen molar-refractivity contribution in [3.8, 4) is 17.0 Å². The van der Waals surface area contributed by atoms with E-state index in [2.05, 4.69) is 25.3 Å². The van der Waals surface area contributed by atoms with E-state index in [9.17, 15) is 13.2 Å². The summed E-state index contributed by atoms with van der Waals surface area (Å²) in [5, 5.41) is 15.5. The molecule has 29 heavy (non-hydrogen) atoms. The van der Waals surface area contributed by atoms with Crippen molar-refractivity contribution in [2.75, 3.05) is 23.8 Å². The number of aliphatic hydroxyl groups excluding tert-OH is 1. The van der Waals surface area contributed by atoms with Gasteiger partial charge in [0.15, 0.2) is 0 Å². The molecule has 3 rings (SSSR count). The van der Waals surface area contributed by atoms with Gasteiger partial charge in [-0.25, -0.2) is 4.98 Å². The van der Waals surface area contributed by atoms with Crippen LogP contribution < -0.4 is 15.4 Å². The maximum Gasteiger partial charge on any atom is 0.573 e. The quantitative estimate of drug-likeness (QED) is 0.503. The van der Waals surface area contributed by atoms with Gasteiger partial charge in [-0.1, -0.05) is 23.7 Å². The first-order chi connectivity index (χ1) is 13.8. The number of anilines is 3. The summed E-state index contributed by atoms with van der Waals surface area (Å²) in [6.07, 6.45) is -4.79. The molecule has 0 unspecified atom stereocenters. The lowest BCUT2D eigenvalue weighted by molar-refractivity contribution is -0.274. The Kier molecular flexibility index (Phi) is 6.40. The lowest BCUT2D eigenvalue weighted by Gasteiger charge is -2.13. The van der Waals surface area contributed by atoms with Crippen molar-refractivity contribution in [3.05, 3.63) is 59.6 Å². The van der Waals surface area contributed by atoms with E-state index in [0.29, 0.717) is 27.8 Å². The van der Waals surface area contributed by atoms with E-state index >= 15 is 0 Å². The Morgan fingerprint density at radius 1 is 1.03 bits per heavy atom. The van der Waals surface area contributed by atoms with Crippen LogP contribution in [0.15, 0.2) is 54.6 Å². The van der Waals surface area contributed by atoms with Gasteiger partial charge in [-0.15, -0.1) is 13.2 Å². The molecule has 0 saturated carbocycles. The van der Waals surface area contributed by atoms with Crippen LogP contribution in [0.3, 0.4) is 0 Å². The summed E-state index contributed by atoms with van der Waals surface area (Å²) in [4.78, 5) is 8.61. The molecular weight excluding hydrogens is 409 g/mol. The molecule has 2 aromatic carbocycles. The van der Waals surface area contributed by atoms with Gasteiger partial charge in [0.25, 0.3) is 0 Å². The zero-order valence-electron chi connectivity index (χ0n) is 14.9. The van der Waals surface area contributed by atoms with Crippen molar-refractivity contribution in [2.24, 2.45) is 0 Å². The number of ether oxygens (including phenoxy) is 1. The van der Waals surface area contributed by atoms with Crippen molar-refractivity contribution in [1.29, 1.82) is 0 Å². The molecule has 0 atom stereocenters. The molecule has 3 N–H and O–H groups in total. The van der Waals surface area contributed by atoms with Gasteiger partial charge in [0.2, 0.25) is 5.95 Å². The van der Waals surface area contributed by atoms with Crippen molar-refractivity contribution >= 4 is 29.1 Å². The number of hydrogen-bond acceptors (Lipinski definition) is 6. The van der Waals surface area contributed by atoms with E-state index in [-0.39, 0.29) is 24.8 Å². The Morgan fingerprint density at radius 2 is 1.79 bits per heavy atom. The molecule has 3 aromatic rings. The van der Waals surface area contributed by atoms with Crippen LogP contribution in [0.2, 0.25) is 5.02 Å². The van der Waals surface area contributed by atoms with E-state index in [0.717, 1.165) is 0 Å². The molecule has 0 amide bonds. The SMILES string of the molecule is OCCNc1nc(Nc2ccc(Cl)cc2)cc(-c2cccc(OC(F)(F)F)c2)n1. The molecule has 152 valence electrons. The van der Waals surface area contributed by atoms with Gasteiger partial charge in [-0.05, 0) is 36.4 Å². The zero-order chi connectivity index (χ0) is 20.9. The fraction of sp³-hybridized carbons (Fsp3) is 0.158. The molecule has 1 heterocycles.